The number of ether oxygens (including phenoxy) is 1. The average Bonchev–Trinajstić information content (AvgIpc) is 2.78. The van der Waals surface area contributed by atoms with E-state index < -0.39 is 5.97 Å². The first kappa shape index (κ1) is 10.0. The summed E-state index contributed by atoms with van der Waals surface area (Å²) in [5, 5.41) is 4.14. The highest BCUT2D eigenvalue weighted by molar-refractivity contribution is 5.94. The fourth-order valence-electron chi connectivity index (χ4n) is 1.55. The first-order valence-electron chi connectivity index (χ1n) is 5.09. The predicted molar refractivity (Wildman–Crippen MR) is 55.5 cm³/mol. The summed E-state index contributed by atoms with van der Waals surface area (Å²) in [7, 11) is 0. The average molecular weight is 209 g/mol. The number of carbonyl (C=O) groups is 1. The van der Waals surface area contributed by atoms with Crippen molar-refractivity contribution in [3.8, 4) is 0 Å². The van der Waals surface area contributed by atoms with Gasteiger partial charge in [0.25, 0.3) is 0 Å². The molecule has 15 heavy (non-hydrogen) atoms. The lowest BCUT2D eigenvalue weighted by Gasteiger charge is -2.11. The molecular weight excluding hydrogens is 194 g/mol. The van der Waals surface area contributed by atoms with Crippen LogP contribution in [-0.4, -0.2) is 22.4 Å². The van der Waals surface area contributed by atoms with Gasteiger partial charge in [0.2, 0.25) is 0 Å². The molecule has 0 saturated heterocycles. The van der Waals surface area contributed by atoms with Gasteiger partial charge in [-0.15, -0.1) is 0 Å². The van der Waals surface area contributed by atoms with E-state index in [4.69, 9.17) is 10.5 Å². The summed E-state index contributed by atoms with van der Waals surface area (Å²) in [5.74, 6) is 0.0129. The maximum absolute atomic E-state index is 11.5. The fourth-order valence-corrected chi connectivity index (χ4v) is 1.55. The molecule has 0 atom stereocenters. The van der Waals surface area contributed by atoms with Crippen molar-refractivity contribution >= 4 is 11.8 Å². The molecule has 1 fully saturated rings. The Morgan fingerprint density at radius 1 is 1.73 bits per heavy atom. The van der Waals surface area contributed by atoms with Crippen LogP contribution in [0.15, 0.2) is 6.20 Å². The summed E-state index contributed by atoms with van der Waals surface area (Å²) in [5.41, 5.74) is 6.23. The summed E-state index contributed by atoms with van der Waals surface area (Å²) in [4.78, 5) is 11.5. The van der Waals surface area contributed by atoms with E-state index >= 15 is 0 Å². The maximum Gasteiger partial charge on any atom is 0.343 e. The van der Waals surface area contributed by atoms with Crippen LogP contribution in [0.1, 0.15) is 37.0 Å². The van der Waals surface area contributed by atoms with E-state index in [-0.39, 0.29) is 5.54 Å². The molecule has 0 aliphatic heterocycles. The number of rotatable bonds is 3. The molecule has 2 rings (SSSR count). The van der Waals surface area contributed by atoms with Gasteiger partial charge in [0, 0.05) is 0 Å². The number of nitrogen functional groups attached to an aromatic ring is 1. The fraction of sp³-hybridized carbons (Fsp3) is 0.600. The van der Waals surface area contributed by atoms with Gasteiger partial charge >= 0.3 is 5.97 Å². The van der Waals surface area contributed by atoms with Crippen LogP contribution in [0.5, 0.6) is 0 Å². The van der Waals surface area contributed by atoms with Gasteiger partial charge < -0.3 is 10.5 Å². The number of esters is 1. The largest absolute Gasteiger partial charge is 0.462 e. The number of hydrogen-bond acceptors (Lipinski definition) is 4. The van der Waals surface area contributed by atoms with E-state index in [9.17, 15) is 4.79 Å². The minimum Gasteiger partial charge on any atom is -0.462 e. The quantitative estimate of drug-likeness (QED) is 0.758. The van der Waals surface area contributed by atoms with E-state index in [0.717, 1.165) is 12.8 Å². The van der Waals surface area contributed by atoms with Crippen LogP contribution in [0.4, 0.5) is 5.82 Å². The van der Waals surface area contributed by atoms with Crippen LogP contribution in [0, 0.1) is 0 Å². The van der Waals surface area contributed by atoms with Crippen LogP contribution in [-0.2, 0) is 10.3 Å². The van der Waals surface area contributed by atoms with Gasteiger partial charge in [0.1, 0.15) is 11.4 Å². The predicted octanol–water partition coefficient (Wildman–Crippen LogP) is 1.15. The highest BCUT2D eigenvalue weighted by Crippen LogP contribution is 2.44. The normalized spacial score (nSPS) is 17.5. The van der Waals surface area contributed by atoms with Crippen molar-refractivity contribution < 1.29 is 9.53 Å². The van der Waals surface area contributed by atoms with Crippen LogP contribution in [0.3, 0.4) is 0 Å². The zero-order chi connectivity index (χ0) is 11.1. The first-order chi connectivity index (χ1) is 7.08. The van der Waals surface area contributed by atoms with Crippen molar-refractivity contribution in [1.29, 1.82) is 0 Å². The molecule has 0 amide bonds. The molecule has 5 heteroatoms. The van der Waals surface area contributed by atoms with Gasteiger partial charge in [0.15, 0.2) is 0 Å². The van der Waals surface area contributed by atoms with E-state index in [1.165, 1.54) is 6.20 Å². The van der Waals surface area contributed by atoms with Crippen molar-refractivity contribution in [1.82, 2.24) is 9.78 Å². The van der Waals surface area contributed by atoms with Crippen molar-refractivity contribution in [2.75, 3.05) is 12.3 Å². The molecule has 0 radical (unpaired) electrons. The topological polar surface area (TPSA) is 70.1 Å². The molecule has 1 aliphatic rings. The third-order valence-electron chi connectivity index (χ3n) is 2.79. The molecule has 1 aliphatic carbocycles. The molecule has 1 saturated carbocycles. The lowest BCUT2D eigenvalue weighted by atomic mass is 10.3. The number of aromatic nitrogens is 2. The monoisotopic (exact) mass is 209 g/mol. The number of hydrogen-bond donors (Lipinski definition) is 1. The number of carbonyl (C=O) groups excluding carboxylic acids is 1. The molecule has 0 spiro atoms. The zero-order valence-electron chi connectivity index (χ0n) is 8.99. The van der Waals surface area contributed by atoms with E-state index in [1.54, 1.807) is 11.6 Å². The molecular formula is C10H15N3O2. The highest BCUT2D eigenvalue weighted by Gasteiger charge is 2.42. The molecule has 1 heterocycles. The number of nitrogens with two attached hydrogens (primary N) is 1. The Balaban J connectivity index is 2.27. The third-order valence-corrected chi connectivity index (χ3v) is 2.79. The van der Waals surface area contributed by atoms with Crippen molar-refractivity contribution in [2.24, 2.45) is 0 Å². The molecule has 0 aromatic carbocycles. The summed E-state index contributed by atoms with van der Waals surface area (Å²) >= 11 is 0. The first-order valence-corrected chi connectivity index (χ1v) is 5.09. The minimum absolute atomic E-state index is 0.00876. The van der Waals surface area contributed by atoms with Crippen LogP contribution < -0.4 is 5.73 Å². The van der Waals surface area contributed by atoms with E-state index in [2.05, 4.69) is 12.0 Å². The highest BCUT2D eigenvalue weighted by atomic mass is 16.5. The van der Waals surface area contributed by atoms with Gasteiger partial charge in [-0.3, -0.25) is 0 Å². The zero-order valence-corrected chi connectivity index (χ0v) is 8.99. The van der Waals surface area contributed by atoms with Gasteiger partial charge in [0.05, 0.1) is 18.3 Å². The summed E-state index contributed by atoms with van der Waals surface area (Å²) in [6.07, 6.45) is 3.60. The molecule has 0 bridgehead atoms. The Morgan fingerprint density at radius 2 is 2.40 bits per heavy atom. The van der Waals surface area contributed by atoms with Crippen LogP contribution in [0.2, 0.25) is 0 Å². The minimum atomic E-state index is -0.398. The Morgan fingerprint density at radius 3 is 2.93 bits per heavy atom. The Labute approximate surface area is 88.2 Å². The summed E-state index contributed by atoms with van der Waals surface area (Å²) in [6, 6.07) is 0. The Kier molecular flexibility index (Phi) is 2.17. The number of anilines is 1. The van der Waals surface area contributed by atoms with Gasteiger partial charge in [-0.1, -0.05) is 0 Å². The second-order valence-corrected chi connectivity index (χ2v) is 4.07. The molecule has 5 nitrogen and oxygen atoms in total. The SMILES string of the molecule is CCOC(=O)c1cnn(C2(C)CC2)c1N. The molecule has 82 valence electrons. The lowest BCUT2D eigenvalue weighted by Crippen LogP contribution is -2.17. The van der Waals surface area contributed by atoms with Crippen LogP contribution in [0.25, 0.3) is 0 Å². The molecule has 2 N–H and O–H groups in total. The molecule has 0 unspecified atom stereocenters. The Hall–Kier alpha value is -1.52. The maximum atomic E-state index is 11.5. The van der Waals surface area contributed by atoms with Crippen molar-refractivity contribution in [3.63, 3.8) is 0 Å². The Bertz CT molecular complexity index is 393. The van der Waals surface area contributed by atoms with E-state index in [1.807, 2.05) is 0 Å². The van der Waals surface area contributed by atoms with Gasteiger partial charge in [-0.2, -0.15) is 5.10 Å². The third kappa shape index (κ3) is 1.58. The molecule has 1 aromatic heterocycles. The lowest BCUT2D eigenvalue weighted by molar-refractivity contribution is 0.0527. The number of nitrogens with zero attached hydrogens (tertiary/aromatic N) is 2. The standard InChI is InChI=1S/C10H15N3O2/c1-3-15-9(14)7-6-12-13(8(7)11)10(2)4-5-10/h6H,3-5,11H2,1-2H3. The van der Waals surface area contributed by atoms with E-state index in [0.29, 0.717) is 18.0 Å². The second-order valence-electron chi connectivity index (χ2n) is 4.07. The van der Waals surface area contributed by atoms with Crippen LogP contribution >= 0.6 is 0 Å². The summed E-state index contributed by atoms with van der Waals surface area (Å²) < 4.78 is 6.60. The van der Waals surface area contributed by atoms with Crippen molar-refractivity contribution in [2.45, 2.75) is 32.2 Å². The smallest absolute Gasteiger partial charge is 0.343 e. The van der Waals surface area contributed by atoms with Gasteiger partial charge in [-0.25, -0.2) is 9.48 Å². The van der Waals surface area contributed by atoms with Crippen molar-refractivity contribution in [3.05, 3.63) is 11.8 Å². The molecule has 1 aromatic rings. The second kappa shape index (κ2) is 3.25. The summed E-state index contributed by atoms with van der Waals surface area (Å²) in [6.45, 7) is 4.19. The van der Waals surface area contributed by atoms with Gasteiger partial charge in [-0.05, 0) is 26.7 Å².